The van der Waals surface area contributed by atoms with Crippen LogP contribution in [0.1, 0.15) is 23.9 Å². The first-order valence-electron chi connectivity index (χ1n) is 8.53. The van der Waals surface area contributed by atoms with Gasteiger partial charge in [-0.05, 0) is 42.5 Å². The lowest BCUT2D eigenvalue weighted by Crippen LogP contribution is -2.11. The highest BCUT2D eigenvalue weighted by atomic mass is 16.6. The number of rotatable bonds is 6. The van der Waals surface area contributed by atoms with Gasteiger partial charge in [0.05, 0.1) is 10.5 Å². The van der Waals surface area contributed by atoms with Crippen molar-refractivity contribution in [3.05, 3.63) is 76.5 Å². The lowest BCUT2D eigenvalue weighted by Gasteiger charge is -2.06. The number of carbonyl (C=O) groups excluding carboxylic acids is 2. The standard InChI is InChI=1S/C20H17N3O5/c1-2-19(24)21-13-7-9-14(10-8-13)22-20(25)18-12-11-17(28-18)15-5-3-4-6-16(15)23(26)27/h3-12H,2H2,1H3,(H,21,24)(H,22,25). The van der Waals surface area contributed by atoms with Gasteiger partial charge >= 0.3 is 0 Å². The van der Waals surface area contributed by atoms with Crippen LogP contribution in [-0.4, -0.2) is 16.7 Å². The van der Waals surface area contributed by atoms with Crippen molar-refractivity contribution in [3.8, 4) is 11.3 Å². The number of benzene rings is 2. The van der Waals surface area contributed by atoms with Crippen LogP contribution in [0, 0.1) is 10.1 Å². The second-order valence-electron chi connectivity index (χ2n) is 5.87. The summed E-state index contributed by atoms with van der Waals surface area (Å²) in [6, 6.07) is 15.8. The minimum atomic E-state index is -0.503. The highest BCUT2D eigenvalue weighted by Crippen LogP contribution is 2.31. The molecular weight excluding hydrogens is 362 g/mol. The summed E-state index contributed by atoms with van der Waals surface area (Å²) in [5.74, 6) is -0.336. The third-order valence-corrected chi connectivity index (χ3v) is 3.94. The molecule has 0 fully saturated rings. The SMILES string of the molecule is CCC(=O)Nc1ccc(NC(=O)c2ccc(-c3ccccc3[N+](=O)[O-])o2)cc1. The molecule has 0 aliphatic heterocycles. The number of hydrogen-bond acceptors (Lipinski definition) is 5. The monoisotopic (exact) mass is 379 g/mol. The Morgan fingerprint density at radius 3 is 2.25 bits per heavy atom. The summed E-state index contributed by atoms with van der Waals surface area (Å²) in [6.45, 7) is 1.76. The number of nitrogens with zero attached hydrogens (tertiary/aromatic N) is 1. The molecule has 0 aliphatic carbocycles. The van der Waals surface area contributed by atoms with E-state index < -0.39 is 10.8 Å². The van der Waals surface area contributed by atoms with Crippen molar-refractivity contribution in [2.75, 3.05) is 10.6 Å². The molecule has 8 heteroatoms. The van der Waals surface area contributed by atoms with Gasteiger partial charge in [-0.15, -0.1) is 0 Å². The Morgan fingerprint density at radius 2 is 1.61 bits per heavy atom. The molecule has 2 amide bonds. The Labute approximate surface area is 160 Å². The average Bonchev–Trinajstić information content (AvgIpc) is 3.19. The van der Waals surface area contributed by atoms with Crippen molar-refractivity contribution >= 4 is 28.9 Å². The fourth-order valence-electron chi connectivity index (χ4n) is 2.52. The maximum Gasteiger partial charge on any atom is 0.291 e. The van der Waals surface area contributed by atoms with E-state index in [4.69, 9.17) is 4.42 Å². The minimum Gasteiger partial charge on any atom is -0.451 e. The van der Waals surface area contributed by atoms with Gasteiger partial charge in [0.1, 0.15) is 5.76 Å². The van der Waals surface area contributed by atoms with Gasteiger partial charge in [-0.1, -0.05) is 19.1 Å². The molecule has 0 aliphatic rings. The Bertz CT molecular complexity index is 1020. The first-order chi connectivity index (χ1) is 13.5. The summed E-state index contributed by atoms with van der Waals surface area (Å²) in [6.07, 6.45) is 0.374. The molecule has 3 rings (SSSR count). The van der Waals surface area contributed by atoms with Crippen LogP contribution in [0.15, 0.2) is 65.1 Å². The van der Waals surface area contributed by atoms with Crippen LogP contribution < -0.4 is 10.6 Å². The van der Waals surface area contributed by atoms with E-state index >= 15 is 0 Å². The first kappa shape index (κ1) is 18.8. The molecular formula is C20H17N3O5. The molecule has 0 unspecified atom stereocenters. The van der Waals surface area contributed by atoms with E-state index in [1.807, 2.05) is 0 Å². The van der Waals surface area contributed by atoms with Crippen molar-refractivity contribution in [1.29, 1.82) is 0 Å². The van der Waals surface area contributed by atoms with Gasteiger partial charge in [0.15, 0.2) is 5.76 Å². The van der Waals surface area contributed by atoms with E-state index in [1.165, 1.54) is 18.2 Å². The van der Waals surface area contributed by atoms with Gasteiger partial charge < -0.3 is 15.1 Å². The summed E-state index contributed by atoms with van der Waals surface area (Å²) in [5.41, 5.74) is 1.33. The zero-order valence-corrected chi connectivity index (χ0v) is 15.0. The van der Waals surface area contributed by atoms with Crippen LogP contribution in [0.4, 0.5) is 17.1 Å². The first-order valence-corrected chi connectivity index (χ1v) is 8.53. The molecule has 142 valence electrons. The van der Waals surface area contributed by atoms with Gasteiger partial charge in [-0.2, -0.15) is 0 Å². The van der Waals surface area contributed by atoms with Crippen LogP contribution in [0.2, 0.25) is 0 Å². The lowest BCUT2D eigenvalue weighted by molar-refractivity contribution is -0.384. The van der Waals surface area contributed by atoms with Crippen molar-refractivity contribution in [2.24, 2.45) is 0 Å². The van der Waals surface area contributed by atoms with E-state index in [0.717, 1.165) is 0 Å². The zero-order chi connectivity index (χ0) is 20.1. The van der Waals surface area contributed by atoms with Crippen LogP contribution in [0.5, 0.6) is 0 Å². The van der Waals surface area contributed by atoms with Crippen LogP contribution in [0.3, 0.4) is 0 Å². The molecule has 0 saturated heterocycles. The normalized spacial score (nSPS) is 10.3. The highest BCUT2D eigenvalue weighted by molar-refractivity contribution is 6.02. The van der Waals surface area contributed by atoms with E-state index in [-0.39, 0.29) is 23.1 Å². The second kappa shape index (κ2) is 8.17. The Hall–Kier alpha value is -3.94. The third kappa shape index (κ3) is 4.24. The molecule has 1 aromatic heterocycles. The highest BCUT2D eigenvalue weighted by Gasteiger charge is 2.19. The molecule has 0 spiro atoms. The number of furan rings is 1. The zero-order valence-electron chi connectivity index (χ0n) is 15.0. The fourth-order valence-corrected chi connectivity index (χ4v) is 2.52. The predicted octanol–water partition coefficient (Wildman–Crippen LogP) is 4.46. The number of amides is 2. The summed E-state index contributed by atoms with van der Waals surface area (Å²) < 4.78 is 5.51. The molecule has 0 atom stereocenters. The number of nitro benzene ring substituents is 1. The third-order valence-electron chi connectivity index (χ3n) is 3.94. The second-order valence-corrected chi connectivity index (χ2v) is 5.87. The molecule has 2 N–H and O–H groups in total. The number of carbonyl (C=O) groups is 2. The summed E-state index contributed by atoms with van der Waals surface area (Å²) in [5, 5.41) is 16.5. The Morgan fingerprint density at radius 1 is 0.964 bits per heavy atom. The van der Waals surface area contributed by atoms with E-state index in [2.05, 4.69) is 10.6 Å². The number of hydrogen-bond donors (Lipinski definition) is 2. The molecule has 0 bridgehead atoms. The van der Waals surface area contributed by atoms with Crippen molar-refractivity contribution in [2.45, 2.75) is 13.3 Å². The number of para-hydroxylation sites is 1. The van der Waals surface area contributed by atoms with E-state index in [1.54, 1.807) is 49.4 Å². The number of anilines is 2. The smallest absolute Gasteiger partial charge is 0.291 e. The van der Waals surface area contributed by atoms with Crippen molar-refractivity contribution < 1.29 is 18.9 Å². The number of nitro groups is 1. The van der Waals surface area contributed by atoms with E-state index in [9.17, 15) is 19.7 Å². The topological polar surface area (TPSA) is 114 Å². The van der Waals surface area contributed by atoms with Crippen molar-refractivity contribution in [3.63, 3.8) is 0 Å². The number of nitrogens with one attached hydrogen (secondary N) is 2. The summed E-state index contributed by atoms with van der Waals surface area (Å²) >= 11 is 0. The molecule has 0 saturated carbocycles. The maximum absolute atomic E-state index is 12.4. The summed E-state index contributed by atoms with van der Waals surface area (Å²) in [7, 11) is 0. The van der Waals surface area contributed by atoms with E-state index in [0.29, 0.717) is 23.4 Å². The predicted molar refractivity (Wildman–Crippen MR) is 104 cm³/mol. The van der Waals surface area contributed by atoms with Crippen LogP contribution >= 0.6 is 0 Å². The van der Waals surface area contributed by atoms with Gasteiger partial charge in [0.25, 0.3) is 11.6 Å². The van der Waals surface area contributed by atoms with Gasteiger partial charge in [-0.3, -0.25) is 19.7 Å². The molecule has 2 aromatic carbocycles. The van der Waals surface area contributed by atoms with Gasteiger partial charge in [0.2, 0.25) is 5.91 Å². The molecule has 3 aromatic rings. The van der Waals surface area contributed by atoms with Crippen LogP contribution in [0.25, 0.3) is 11.3 Å². The maximum atomic E-state index is 12.4. The Balaban J connectivity index is 1.73. The van der Waals surface area contributed by atoms with Crippen LogP contribution in [-0.2, 0) is 4.79 Å². The van der Waals surface area contributed by atoms with Gasteiger partial charge in [0, 0.05) is 23.9 Å². The molecule has 1 heterocycles. The van der Waals surface area contributed by atoms with Gasteiger partial charge in [-0.25, -0.2) is 0 Å². The molecule has 8 nitrogen and oxygen atoms in total. The fraction of sp³-hybridized carbons (Fsp3) is 0.100. The quantitative estimate of drug-likeness (QED) is 0.485. The Kier molecular flexibility index (Phi) is 5.50. The average molecular weight is 379 g/mol. The minimum absolute atomic E-state index is 0.0245. The molecule has 28 heavy (non-hydrogen) atoms. The summed E-state index contributed by atoms with van der Waals surface area (Å²) in [4.78, 5) is 34.4. The lowest BCUT2D eigenvalue weighted by atomic mass is 10.1. The largest absolute Gasteiger partial charge is 0.451 e. The van der Waals surface area contributed by atoms with Crippen molar-refractivity contribution in [1.82, 2.24) is 0 Å². The molecule has 0 radical (unpaired) electrons.